The Labute approximate surface area is 133 Å². The third-order valence-corrected chi connectivity index (χ3v) is 6.60. The molecule has 3 heterocycles. The zero-order valence-corrected chi connectivity index (χ0v) is 13.8. The molecule has 2 amide bonds. The summed E-state index contributed by atoms with van der Waals surface area (Å²) in [5.74, 6) is 0. The summed E-state index contributed by atoms with van der Waals surface area (Å²) in [7, 11) is 0. The standard InChI is InChI=1S/C17H30N4O/c1-17(8-9-18-12-17)20-10-6-13(7-11-20)21-15-5-3-2-4-14(15)19-16(21)22/h13-15,18H,2-12H2,1H3,(H,19,22)/t14-,15?,17?/m0/s1. The predicted molar refractivity (Wildman–Crippen MR) is 86.9 cm³/mol. The smallest absolute Gasteiger partial charge is 0.318 e. The first-order chi connectivity index (χ1) is 10.7. The molecule has 0 radical (unpaired) electrons. The molecule has 4 rings (SSSR count). The van der Waals surface area contributed by atoms with Crippen molar-refractivity contribution in [3.63, 3.8) is 0 Å². The van der Waals surface area contributed by atoms with Gasteiger partial charge in [-0.15, -0.1) is 0 Å². The molecule has 5 heteroatoms. The first-order valence-corrected chi connectivity index (χ1v) is 9.22. The van der Waals surface area contributed by atoms with Crippen LogP contribution in [0, 0.1) is 0 Å². The van der Waals surface area contributed by atoms with E-state index in [4.69, 9.17) is 0 Å². The van der Waals surface area contributed by atoms with Crippen molar-refractivity contribution in [2.75, 3.05) is 26.2 Å². The van der Waals surface area contributed by atoms with Crippen LogP contribution in [0.1, 0.15) is 51.9 Å². The van der Waals surface area contributed by atoms with E-state index in [1.165, 1.54) is 32.1 Å². The number of carbonyl (C=O) groups is 1. The van der Waals surface area contributed by atoms with Crippen LogP contribution in [0.3, 0.4) is 0 Å². The van der Waals surface area contributed by atoms with Crippen LogP contribution in [0.15, 0.2) is 0 Å². The molecule has 1 aliphatic carbocycles. The molecule has 0 aromatic rings. The Morgan fingerprint density at radius 3 is 2.64 bits per heavy atom. The number of nitrogens with zero attached hydrogens (tertiary/aromatic N) is 2. The highest BCUT2D eigenvalue weighted by molar-refractivity contribution is 5.78. The Kier molecular flexibility index (Phi) is 3.81. The third-order valence-electron chi connectivity index (χ3n) is 6.60. The Morgan fingerprint density at radius 1 is 1.14 bits per heavy atom. The van der Waals surface area contributed by atoms with Crippen molar-refractivity contribution in [1.29, 1.82) is 0 Å². The molecule has 5 nitrogen and oxygen atoms in total. The minimum atomic E-state index is 0.212. The van der Waals surface area contributed by atoms with Crippen LogP contribution in [0.25, 0.3) is 0 Å². The molecule has 0 aromatic heterocycles. The molecule has 3 atom stereocenters. The quantitative estimate of drug-likeness (QED) is 0.813. The molecule has 0 aromatic carbocycles. The SMILES string of the molecule is CC1(N2CCC(N3C(=O)N[C@H]4CCCCC43)CC2)CCNC1. The lowest BCUT2D eigenvalue weighted by Crippen LogP contribution is -2.56. The number of likely N-dealkylation sites (tertiary alicyclic amines) is 1. The van der Waals surface area contributed by atoms with Gasteiger partial charge in [-0.3, -0.25) is 4.90 Å². The van der Waals surface area contributed by atoms with Gasteiger partial charge in [-0.05, 0) is 45.6 Å². The van der Waals surface area contributed by atoms with Crippen LogP contribution in [0.2, 0.25) is 0 Å². The van der Waals surface area contributed by atoms with Gasteiger partial charge >= 0.3 is 6.03 Å². The van der Waals surface area contributed by atoms with Crippen LogP contribution in [-0.4, -0.2) is 65.7 Å². The summed E-state index contributed by atoms with van der Waals surface area (Å²) in [6.45, 7) is 6.95. The number of hydrogen-bond donors (Lipinski definition) is 2. The fraction of sp³-hybridized carbons (Fsp3) is 0.941. The Morgan fingerprint density at radius 2 is 1.91 bits per heavy atom. The molecular weight excluding hydrogens is 276 g/mol. The van der Waals surface area contributed by atoms with E-state index in [9.17, 15) is 4.79 Å². The van der Waals surface area contributed by atoms with Crippen molar-refractivity contribution in [1.82, 2.24) is 20.4 Å². The molecule has 0 bridgehead atoms. The maximum atomic E-state index is 12.4. The van der Waals surface area contributed by atoms with Crippen molar-refractivity contribution < 1.29 is 4.79 Å². The molecule has 2 unspecified atom stereocenters. The van der Waals surface area contributed by atoms with Gasteiger partial charge in [0, 0.05) is 31.2 Å². The number of piperidine rings is 1. The summed E-state index contributed by atoms with van der Waals surface area (Å²) in [5, 5.41) is 6.74. The second-order valence-corrected chi connectivity index (χ2v) is 7.96. The van der Waals surface area contributed by atoms with E-state index in [0.29, 0.717) is 23.7 Å². The molecular formula is C17H30N4O. The molecule has 2 N–H and O–H groups in total. The third kappa shape index (κ3) is 2.42. The van der Waals surface area contributed by atoms with Crippen LogP contribution in [0.4, 0.5) is 4.79 Å². The van der Waals surface area contributed by atoms with E-state index in [1.807, 2.05) is 0 Å². The molecule has 124 valence electrons. The zero-order valence-electron chi connectivity index (χ0n) is 13.8. The average molecular weight is 306 g/mol. The highest BCUT2D eigenvalue weighted by Crippen LogP contribution is 2.34. The van der Waals surface area contributed by atoms with E-state index in [1.54, 1.807) is 0 Å². The van der Waals surface area contributed by atoms with Crippen LogP contribution >= 0.6 is 0 Å². The molecule has 0 spiro atoms. The second kappa shape index (κ2) is 5.68. The van der Waals surface area contributed by atoms with E-state index in [2.05, 4.69) is 27.4 Å². The molecule has 4 fully saturated rings. The Hall–Kier alpha value is -0.810. The van der Waals surface area contributed by atoms with Crippen LogP contribution in [0.5, 0.6) is 0 Å². The number of carbonyl (C=O) groups excluding carboxylic acids is 1. The van der Waals surface area contributed by atoms with E-state index >= 15 is 0 Å². The summed E-state index contributed by atoms with van der Waals surface area (Å²) >= 11 is 0. The van der Waals surface area contributed by atoms with Gasteiger partial charge in [-0.2, -0.15) is 0 Å². The summed E-state index contributed by atoms with van der Waals surface area (Å²) in [5.41, 5.74) is 0.339. The molecule has 3 aliphatic heterocycles. The average Bonchev–Trinajstić information content (AvgIpc) is 3.11. The minimum Gasteiger partial charge on any atom is -0.333 e. The van der Waals surface area contributed by atoms with Crippen LogP contribution < -0.4 is 10.6 Å². The summed E-state index contributed by atoms with van der Waals surface area (Å²) in [4.78, 5) is 17.3. The van der Waals surface area contributed by atoms with Crippen LogP contribution in [-0.2, 0) is 0 Å². The highest BCUT2D eigenvalue weighted by atomic mass is 16.2. The normalized spacial score (nSPS) is 40.8. The monoisotopic (exact) mass is 306 g/mol. The van der Waals surface area contributed by atoms with Gasteiger partial charge in [0.2, 0.25) is 0 Å². The molecule has 3 saturated heterocycles. The van der Waals surface area contributed by atoms with E-state index < -0.39 is 0 Å². The zero-order chi connectivity index (χ0) is 15.2. The van der Waals surface area contributed by atoms with E-state index in [-0.39, 0.29) is 6.03 Å². The lowest BCUT2D eigenvalue weighted by atomic mass is 9.88. The highest BCUT2D eigenvalue weighted by Gasteiger charge is 2.45. The maximum absolute atomic E-state index is 12.4. The topological polar surface area (TPSA) is 47.6 Å². The number of amides is 2. The summed E-state index contributed by atoms with van der Waals surface area (Å²) < 4.78 is 0. The number of nitrogens with one attached hydrogen (secondary N) is 2. The van der Waals surface area contributed by atoms with Crippen molar-refractivity contribution in [2.24, 2.45) is 0 Å². The number of rotatable bonds is 2. The number of urea groups is 1. The molecule has 1 saturated carbocycles. The first-order valence-electron chi connectivity index (χ1n) is 9.22. The van der Waals surface area contributed by atoms with Gasteiger partial charge in [0.05, 0.1) is 12.1 Å². The van der Waals surface area contributed by atoms with Crippen molar-refractivity contribution in [2.45, 2.75) is 75.5 Å². The molecule has 22 heavy (non-hydrogen) atoms. The predicted octanol–water partition coefficient (Wildman–Crippen LogP) is 1.54. The lowest BCUT2D eigenvalue weighted by Gasteiger charge is -2.45. The largest absolute Gasteiger partial charge is 0.333 e. The van der Waals surface area contributed by atoms with Crippen molar-refractivity contribution >= 4 is 6.03 Å². The van der Waals surface area contributed by atoms with Gasteiger partial charge in [0.25, 0.3) is 0 Å². The number of hydrogen-bond acceptors (Lipinski definition) is 3. The van der Waals surface area contributed by atoms with Gasteiger partial charge in [0.15, 0.2) is 0 Å². The van der Waals surface area contributed by atoms with Gasteiger partial charge in [0.1, 0.15) is 0 Å². The maximum Gasteiger partial charge on any atom is 0.318 e. The Balaban J connectivity index is 1.40. The molecule has 4 aliphatic rings. The summed E-state index contributed by atoms with van der Waals surface area (Å²) in [6.07, 6.45) is 8.49. The number of fused-ring (bicyclic) bond motifs is 1. The van der Waals surface area contributed by atoms with E-state index in [0.717, 1.165) is 39.0 Å². The Bertz CT molecular complexity index is 426. The first kappa shape index (κ1) is 14.8. The van der Waals surface area contributed by atoms with Gasteiger partial charge in [-0.1, -0.05) is 12.8 Å². The van der Waals surface area contributed by atoms with Gasteiger partial charge < -0.3 is 15.5 Å². The van der Waals surface area contributed by atoms with Crippen molar-refractivity contribution in [3.8, 4) is 0 Å². The lowest BCUT2D eigenvalue weighted by molar-refractivity contribution is 0.0498. The minimum absolute atomic E-state index is 0.212. The second-order valence-electron chi connectivity index (χ2n) is 7.96. The van der Waals surface area contributed by atoms with Crippen molar-refractivity contribution in [3.05, 3.63) is 0 Å². The fourth-order valence-electron chi connectivity index (χ4n) is 5.19. The van der Waals surface area contributed by atoms with Gasteiger partial charge in [-0.25, -0.2) is 4.79 Å². The fourth-order valence-corrected chi connectivity index (χ4v) is 5.19. The summed E-state index contributed by atoms with van der Waals surface area (Å²) in [6, 6.07) is 1.57.